The Morgan fingerprint density at radius 2 is 1.77 bits per heavy atom. The third kappa shape index (κ3) is 3.09. The van der Waals surface area contributed by atoms with Gasteiger partial charge in [0.05, 0.1) is 22.3 Å². The molecule has 1 heterocycles. The van der Waals surface area contributed by atoms with Gasteiger partial charge in [-0.25, -0.2) is 9.78 Å². The highest BCUT2D eigenvalue weighted by Gasteiger charge is 2.13. The molecule has 0 spiro atoms. The summed E-state index contributed by atoms with van der Waals surface area (Å²) < 4.78 is 5.99. The van der Waals surface area contributed by atoms with Gasteiger partial charge in [0.2, 0.25) is 5.89 Å². The van der Waals surface area contributed by atoms with Crippen LogP contribution in [0.2, 0.25) is 10.0 Å². The number of rotatable bonds is 2. The molecule has 0 saturated heterocycles. The molecule has 0 aliphatic carbocycles. The first-order chi connectivity index (χ1) is 10.5. The van der Waals surface area contributed by atoms with Crippen molar-refractivity contribution in [3.05, 3.63) is 73.5 Å². The van der Waals surface area contributed by atoms with Gasteiger partial charge in [-0.2, -0.15) is 0 Å². The summed E-state index contributed by atoms with van der Waals surface area (Å²) >= 11 is 15.5. The zero-order chi connectivity index (χ0) is 15.7. The van der Waals surface area contributed by atoms with Gasteiger partial charge in [-0.05, 0) is 46.3 Å². The second-order valence-corrected chi connectivity index (χ2v) is 6.17. The molecule has 0 bridgehead atoms. The van der Waals surface area contributed by atoms with Crippen molar-refractivity contribution in [3.8, 4) is 22.7 Å². The highest BCUT2D eigenvalue weighted by molar-refractivity contribution is 9.10. The van der Waals surface area contributed by atoms with Crippen LogP contribution in [0, 0.1) is 0 Å². The summed E-state index contributed by atoms with van der Waals surface area (Å²) in [6.45, 7) is 0. The van der Waals surface area contributed by atoms with Crippen LogP contribution in [0.5, 0.6) is 0 Å². The Hall–Kier alpha value is -1.62. The third-order valence-electron chi connectivity index (χ3n) is 2.99. The van der Waals surface area contributed by atoms with Crippen molar-refractivity contribution in [2.45, 2.75) is 0 Å². The molecule has 3 rings (SSSR count). The third-order valence-corrected chi connectivity index (χ3v) is 4.22. The van der Waals surface area contributed by atoms with Crippen molar-refractivity contribution in [2.75, 3.05) is 0 Å². The molecular formula is C16H8BrCl2NO2. The van der Waals surface area contributed by atoms with Crippen LogP contribution in [-0.4, -0.2) is 4.98 Å². The van der Waals surface area contributed by atoms with Crippen molar-refractivity contribution in [1.29, 1.82) is 0 Å². The lowest BCUT2D eigenvalue weighted by atomic mass is 10.1. The summed E-state index contributed by atoms with van der Waals surface area (Å²) in [5.74, 6) is 0.223. The first-order valence-corrected chi connectivity index (χ1v) is 7.82. The van der Waals surface area contributed by atoms with Crippen molar-refractivity contribution >= 4 is 39.1 Å². The van der Waals surface area contributed by atoms with E-state index in [9.17, 15) is 4.79 Å². The van der Waals surface area contributed by atoms with E-state index in [1.54, 1.807) is 18.2 Å². The molecule has 110 valence electrons. The van der Waals surface area contributed by atoms with Crippen LogP contribution in [0.1, 0.15) is 0 Å². The van der Waals surface area contributed by atoms with Gasteiger partial charge in [-0.15, -0.1) is 0 Å². The number of benzene rings is 2. The maximum Gasteiger partial charge on any atom is 0.339 e. The fraction of sp³-hybridized carbons (Fsp3) is 0. The normalized spacial score (nSPS) is 10.7. The molecule has 1 aromatic heterocycles. The van der Waals surface area contributed by atoms with E-state index in [-0.39, 0.29) is 5.89 Å². The topological polar surface area (TPSA) is 43.1 Å². The largest absolute Gasteiger partial charge is 0.404 e. The van der Waals surface area contributed by atoms with E-state index >= 15 is 0 Å². The first kappa shape index (κ1) is 15.3. The Labute approximate surface area is 144 Å². The fourth-order valence-corrected chi connectivity index (χ4v) is 2.95. The molecule has 2 aromatic carbocycles. The maximum absolute atomic E-state index is 11.9. The van der Waals surface area contributed by atoms with E-state index < -0.39 is 5.63 Å². The highest BCUT2D eigenvalue weighted by Crippen LogP contribution is 2.31. The second-order valence-electron chi connectivity index (χ2n) is 4.47. The van der Waals surface area contributed by atoms with E-state index in [0.717, 1.165) is 4.47 Å². The van der Waals surface area contributed by atoms with E-state index in [2.05, 4.69) is 20.9 Å². The summed E-state index contributed by atoms with van der Waals surface area (Å²) in [5, 5.41) is 0.937. The lowest BCUT2D eigenvalue weighted by Gasteiger charge is -2.06. The van der Waals surface area contributed by atoms with Crippen molar-refractivity contribution in [3.63, 3.8) is 0 Å². The number of nitrogens with zero attached hydrogens (tertiary/aromatic N) is 1. The molecule has 0 radical (unpaired) electrons. The van der Waals surface area contributed by atoms with Crippen LogP contribution in [0.25, 0.3) is 22.7 Å². The van der Waals surface area contributed by atoms with Crippen molar-refractivity contribution in [1.82, 2.24) is 4.98 Å². The fourth-order valence-electron chi connectivity index (χ4n) is 1.99. The molecule has 0 unspecified atom stereocenters. The zero-order valence-corrected chi connectivity index (χ0v) is 14.1. The second kappa shape index (κ2) is 6.24. The van der Waals surface area contributed by atoms with Crippen LogP contribution in [0.15, 0.2) is 62.2 Å². The Balaban J connectivity index is 2.19. The van der Waals surface area contributed by atoms with Gasteiger partial charge in [0.1, 0.15) is 0 Å². The molecule has 0 aliphatic rings. The number of hydrogen-bond donors (Lipinski definition) is 0. The molecule has 0 aliphatic heterocycles. The van der Waals surface area contributed by atoms with Crippen LogP contribution in [0.3, 0.4) is 0 Å². The predicted molar refractivity (Wildman–Crippen MR) is 91.4 cm³/mol. The van der Waals surface area contributed by atoms with Gasteiger partial charge in [0.15, 0.2) is 0 Å². The average molecular weight is 397 g/mol. The molecule has 3 nitrogen and oxygen atoms in total. The molecule has 0 N–H and O–H groups in total. The monoisotopic (exact) mass is 395 g/mol. The summed E-state index contributed by atoms with van der Waals surface area (Å²) in [7, 11) is 0. The van der Waals surface area contributed by atoms with E-state index in [0.29, 0.717) is 26.9 Å². The van der Waals surface area contributed by atoms with Gasteiger partial charge in [-0.1, -0.05) is 35.3 Å². The lowest BCUT2D eigenvalue weighted by molar-refractivity contribution is 0.508. The van der Waals surface area contributed by atoms with Crippen LogP contribution >= 0.6 is 39.1 Å². The van der Waals surface area contributed by atoms with Gasteiger partial charge in [0, 0.05) is 15.1 Å². The summed E-state index contributed by atoms with van der Waals surface area (Å²) in [6.07, 6.45) is 0. The minimum absolute atomic E-state index is 0.223. The Bertz CT molecular complexity index is 909. The van der Waals surface area contributed by atoms with Crippen molar-refractivity contribution < 1.29 is 4.42 Å². The van der Waals surface area contributed by atoms with E-state index in [1.807, 2.05) is 24.3 Å². The maximum atomic E-state index is 11.9. The minimum atomic E-state index is -0.498. The molecule has 0 amide bonds. The summed E-state index contributed by atoms with van der Waals surface area (Å²) in [6, 6.07) is 13.7. The SMILES string of the molecule is O=c1cc(-c2ccc(Cl)cc2Cl)nc(-c2ccccc2Br)o1. The van der Waals surface area contributed by atoms with Crippen molar-refractivity contribution in [2.24, 2.45) is 0 Å². The van der Waals surface area contributed by atoms with E-state index in [4.69, 9.17) is 27.6 Å². The molecule has 0 saturated carbocycles. The molecule has 3 aromatic rings. The number of aromatic nitrogens is 1. The minimum Gasteiger partial charge on any atom is -0.404 e. The van der Waals surface area contributed by atoms with E-state index in [1.165, 1.54) is 6.07 Å². The summed E-state index contributed by atoms with van der Waals surface area (Å²) in [4.78, 5) is 16.3. The van der Waals surface area contributed by atoms with Crippen LogP contribution in [-0.2, 0) is 0 Å². The summed E-state index contributed by atoms with van der Waals surface area (Å²) in [5.41, 5.74) is 1.24. The predicted octanol–water partition coefficient (Wildman–Crippen LogP) is 5.44. The Morgan fingerprint density at radius 1 is 1.00 bits per heavy atom. The van der Waals surface area contributed by atoms with Gasteiger partial charge in [0.25, 0.3) is 0 Å². The van der Waals surface area contributed by atoms with Crippen LogP contribution in [0.4, 0.5) is 0 Å². The molecular weight excluding hydrogens is 389 g/mol. The highest BCUT2D eigenvalue weighted by atomic mass is 79.9. The molecule has 0 atom stereocenters. The molecule has 0 fully saturated rings. The van der Waals surface area contributed by atoms with Gasteiger partial charge in [-0.3, -0.25) is 0 Å². The lowest BCUT2D eigenvalue weighted by Crippen LogP contribution is -2.02. The quantitative estimate of drug-likeness (QED) is 0.579. The average Bonchev–Trinajstić information content (AvgIpc) is 2.47. The van der Waals surface area contributed by atoms with Gasteiger partial charge < -0.3 is 4.42 Å². The van der Waals surface area contributed by atoms with Gasteiger partial charge >= 0.3 is 5.63 Å². The smallest absolute Gasteiger partial charge is 0.339 e. The molecule has 22 heavy (non-hydrogen) atoms. The van der Waals surface area contributed by atoms with Crippen LogP contribution < -0.4 is 5.63 Å². The molecule has 6 heteroatoms. The zero-order valence-electron chi connectivity index (χ0n) is 11.0. The Kier molecular flexibility index (Phi) is 4.34. The Morgan fingerprint density at radius 3 is 2.50 bits per heavy atom. The number of halogens is 3. The first-order valence-electron chi connectivity index (χ1n) is 6.27. The number of hydrogen-bond acceptors (Lipinski definition) is 3. The standard InChI is InChI=1S/C16H8BrCl2NO2/c17-12-4-2-1-3-10(12)16-20-14(8-15(21)22-16)11-6-5-9(18)7-13(11)19/h1-8H.